The summed E-state index contributed by atoms with van der Waals surface area (Å²) in [7, 11) is -1.15. The van der Waals surface area contributed by atoms with Crippen LogP contribution >= 0.6 is 0 Å². The molecule has 0 atom stereocenters. The van der Waals surface area contributed by atoms with Crippen molar-refractivity contribution in [2.45, 2.75) is 6.54 Å². The molecule has 116 valence electrons. The van der Waals surface area contributed by atoms with Crippen molar-refractivity contribution in [2.24, 2.45) is 0 Å². The second-order valence-electron chi connectivity index (χ2n) is 5.27. The molecule has 0 radical (unpaired) electrons. The van der Waals surface area contributed by atoms with Crippen LogP contribution in [0, 0.1) is 11.6 Å². The van der Waals surface area contributed by atoms with Crippen LogP contribution in [0.3, 0.4) is 0 Å². The normalized spacial score (nSPS) is 12.4. The third kappa shape index (κ3) is 4.25. The van der Waals surface area contributed by atoms with Crippen LogP contribution < -0.4 is 0 Å². The summed E-state index contributed by atoms with van der Waals surface area (Å²) >= 11 is 0. The fourth-order valence-electron chi connectivity index (χ4n) is 2.09. The van der Waals surface area contributed by atoms with Crippen LogP contribution in [0.5, 0.6) is 0 Å². The zero-order valence-corrected chi connectivity index (χ0v) is 12.8. The van der Waals surface area contributed by atoms with E-state index in [9.17, 15) is 17.2 Å². The second kappa shape index (κ2) is 6.11. The molecule has 1 aromatic heterocycles. The van der Waals surface area contributed by atoms with E-state index < -0.39 is 21.5 Å². The maximum absolute atomic E-state index is 13.3. The van der Waals surface area contributed by atoms with E-state index in [0.717, 1.165) is 0 Å². The SMILES string of the molecule is CN(CCn1ccc2cc(F)c(F)cc21)CCS(C)(=O)=O. The van der Waals surface area contributed by atoms with E-state index in [2.05, 4.69) is 0 Å². The third-order valence-corrected chi connectivity index (χ3v) is 4.30. The fourth-order valence-corrected chi connectivity index (χ4v) is 2.73. The zero-order chi connectivity index (χ0) is 15.6. The topological polar surface area (TPSA) is 42.3 Å². The van der Waals surface area contributed by atoms with Crippen LogP contribution in [0.15, 0.2) is 24.4 Å². The van der Waals surface area contributed by atoms with Gasteiger partial charge in [-0.2, -0.15) is 0 Å². The molecule has 0 N–H and O–H groups in total. The predicted octanol–water partition coefficient (Wildman–Crippen LogP) is 1.90. The Labute approximate surface area is 122 Å². The van der Waals surface area contributed by atoms with Crippen LogP contribution in [0.1, 0.15) is 0 Å². The molecule has 21 heavy (non-hydrogen) atoms. The molecule has 0 bridgehead atoms. The molecule has 0 saturated carbocycles. The maximum atomic E-state index is 13.3. The van der Waals surface area contributed by atoms with Gasteiger partial charge in [-0.1, -0.05) is 0 Å². The smallest absolute Gasteiger partial charge is 0.160 e. The van der Waals surface area contributed by atoms with Gasteiger partial charge in [0.1, 0.15) is 9.84 Å². The van der Waals surface area contributed by atoms with Crippen molar-refractivity contribution >= 4 is 20.7 Å². The lowest BCUT2D eigenvalue weighted by Gasteiger charge is -2.16. The van der Waals surface area contributed by atoms with Gasteiger partial charge in [0.25, 0.3) is 0 Å². The molecule has 0 aliphatic carbocycles. The highest BCUT2D eigenvalue weighted by molar-refractivity contribution is 7.90. The summed E-state index contributed by atoms with van der Waals surface area (Å²) in [6.45, 7) is 1.65. The first kappa shape index (κ1) is 15.9. The highest BCUT2D eigenvalue weighted by atomic mass is 32.2. The minimum Gasteiger partial charge on any atom is -0.346 e. The number of hydrogen-bond donors (Lipinski definition) is 0. The minimum atomic E-state index is -2.98. The van der Waals surface area contributed by atoms with Gasteiger partial charge in [0.05, 0.1) is 11.3 Å². The van der Waals surface area contributed by atoms with Gasteiger partial charge in [0, 0.05) is 43.5 Å². The van der Waals surface area contributed by atoms with Crippen molar-refractivity contribution in [1.82, 2.24) is 9.47 Å². The van der Waals surface area contributed by atoms with E-state index in [1.807, 2.05) is 16.5 Å². The summed E-state index contributed by atoms with van der Waals surface area (Å²) < 4.78 is 50.5. The minimum absolute atomic E-state index is 0.107. The predicted molar refractivity (Wildman–Crippen MR) is 79.1 cm³/mol. The molecule has 7 heteroatoms. The van der Waals surface area contributed by atoms with Crippen molar-refractivity contribution in [2.75, 3.05) is 32.1 Å². The molecule has 2 aromatic rings. The summed E-state index contributed by atoms with van der Waals surface area (Å²) in [4.78, 5) is 1.90. The van der Waals surface area contributed by atoms with Gasteiger partial charge in [-0.15, -0.1) is 0 Å². The molecule has 1 aromatic carbocycles. The van der Waals surface area contributed by atoms with Crippen LogP contribution in [-0.4, -0.2) is 50.0 Å². The van der Waals surface area contributed by atoms with Gasteiger partial charge in [-0.3, -0.25) is 0 Å². The lowest BCUT2D eigenvalue weighted by atomic mass is 10.2. The van der Waals surface area contributed by atoms with Crippen molar-refractivity contribution in [3.8, 4) is 0 Å². The molecule has 2 rings (SSSR count). The van der Waals surface area contributed by atoms with E-state index in [4.69, 9.17) is 0 Å². The molecular formula is C14H18F2N2O2S. The van der Waals surface area contributed by atoms with E-state index in [1.54, 1.807) is 12.3 Å². The number of hydrogen-bond acceptors (Lipinski definition) is 3. The van der Waals surface area contributed by atoms with Crippen molar-refractivity contribution in [3.63, 3.8) is 0 Å². The number of sulfone groups is 1. The zero-order valence-electron chi connectivity index (χ0n) is 12.0. The number of nitrogens with zero attached hydrogens (tertiary/aromatic N) is 2. The summed E-state index contributed by atoms with van der Waals surface area (Å²) in [5.74, 6) is -1.62. The molecule has 1 heterocycles. The number of likely N-dealkylation sites (N-methyl/N-ethyl adjacent to an activating group) is 1. The van der Waals surface area contributed by atoms with Crippen molar-refractivity contribution in [1.29, 1.82) is 0 Å². The fraction of sp³-hybridized carbons (Fsp3) is 0.429. The van der Waals surface area contributed by atoms with Gasteiger partial charge < -0.3 is 9.47 Å². The Morgan fingerprint density at radius 1 is 1.19 bits per heavy atom. The Morgan fingerprint density at radius 2 is 1.86 bits per heavy atom. The van der Waals surface area contributed by atoms with Crippen LogP contribution in [0.2, 0.25) is 0 Å². The van der Waals surface area contributed by atoms with Crippen LogP contribution in [-0.2, 0) is 16.4 Å². The lowest BCUT2D eigenvalue weighted by molar-refractivity contribution is 0.338. The Hall–Kier alpha value is -1.47. The summed E-state index contributed by atoms with van der Waals surface area (Å²) in [6, 6.07) is 4.09. The van der Waals surface area contributed by atoms with E-state index in [-0.39, 0.29) is 5.75 Å². The second-order valence-corrected chi connectivity index (χ2v) is 7.53. The standard InChI is InChI=1S/C14H18F2N2O2S/c1-17(7-8-21(2,19)20)5-6-18-4-3-11-9-12(15)13(16)10-14(11)18/h3-4,9-10H,5-8H2,1-2H3. The molecule has 0 aliphatic rings. The lowest BCUT2D eigenvalue weighted by Crippen LogP contribution is -2.28. The first-order valence-electron chi connectivity index (χ1n) is 6.56. The molecule has 0 amide bonds. The largest absolute Gasteiger partial charge is 0.346 e. The molecule has 0 unspecified atom stereocenters. The number of benzene rings is 1. The summed E-state index contributed by atoms with van der Waals surface area (Å²) in [5, 5.41) is 0.646. The van der Waals surface area contributed by atoms with Crippen molar-refractivity contribution < 1.29 is 17.2 Å². The average molecular weight is 316 g/mol. The van der Waals surface area contributed by atoms with Gasteiger partial charge in [-0.25, -0.2) is 17.2 Å². The monoisotopic (exact) mass is 316 g/mol. The molecule has 0 spiro atoms. The van der Waals surface area contributed by atoms with Crippen LogP contribution in [0.4, 0.5) is 8.78 Å². The van der Waals surface area contributed by atoms with Gasteiger partial charge >= 0.3 is 0 Å². The van der Waals surface area contributed by atoms with Gasteiger partial charge in [0.2, 0.25) is 0 Å². The molecule has 0 aliphatic heterocycles. The number of rotatable bonds is 6. The first-order chi connectivity index (χ1) is 9.76. The Bertz CT molecular complexity index is 741. The van der Waals surface area contributed by atoms with Crippen molar-refractivity contribution in [3.05, 3.63) is 36.0 Å². The van der Waals surface area contributed by atoms with Gasteiger partial charge in [-0.05, 0) is 19.2 Å². The molecule has 4 nitrogen and oxygen atoms in total. The highest BCUT2D eigenvalue weighted by Gasteiger charge is 2.09. The number of halogens is 2. The number of fused-ring (bicyclic) bond motifs is 1. The van der Waals surface area contributed by atoms with E-state index in [0.29, 0.717) is 30.5 Å². The summed E-state index contributed by atoms with van der Waals surface area (Å²) in [5.41, 5.74) is 0.630. The molecular weight excluding hydrogens is 298 g/mol. The Kier molecular flexibility index (Phi) is 4.63. The highest BCUT2D eigenvalue weighted by Crippen LogP contribution is 2.19. The average Bonchev–Trinajstić information content (AvgIpc) is 2.76. The molecule has 0 saturated heterocycles. The first-order valence-corrected chi connectivity index (χ1v) is 8.62. The molecule has 0 fully saturated rings. The maximum Gasteiger partial charge on any atom is 0.160 e. The quantitative estimate of drug-likeness (QED) is 0.817. The van der Waals surface area contributed by atoms with E-state index in [1.165, 1.54) is 18.4 Å². The number of aromatic nitrogens is 1. The van der Waals surface area contributed by atoms with Gasteiger partial charge in [0.15, 0.2) is 11.6 Å². The summed E-state index contributed by atoms with van der Waals surface area (Å²) in [6.07, 6.45) is 2.98. The Morgan fingerprint density at radius 3 is 2.52 bits per heavy atom. The third-order valence-electron chi connectivity index (χ3n) is 3.38. The Balaban J connectivity index is 2.02. The van der Waals surface area contributed by atoms with Crippen LogP contribution in [0.25, 0.3) is 10.9 Å². The van der Waals surface area contributed by atoms with E-state index >= 15 is 0 Å².